The van der Waals surface area contributed by atoms with Crippen LogP contribution in [0, 0.1) is 11.8 Å². The van der Waals surface area contributed by atoms with Crippen LogP contribution in [0.25, 0.3) is 0 Å². The van der Waals surface area contributed by atoms with E-state index < -0.39 is 0 Å². The zero-order chi connectivity index (χ0) is 8.55. The van der Waals surface area contributed by atoms with Crippen LogP contribution in [0.1, 0.15) is 13.8 Å². The fourth-order valence-electron chi connectivity index (χ4n) is 1.99. The normalized spacial score (nSPS) is 32.5. The molecule has 0 bridgehead atoms. The topological polar surface area (TPSA) is 0 Å². The van der Waals surface area contributed by atoms with Crippen LogP contribution in [0.5, 0.6) is 0 Å². The summed E-state index contributed by atoms with van der Waals surface area (Å²) in [5.74, 6) is 1.25. The molecule has 12 heavy (non-hydrogen) atoms. The highest BCUT2D eigenvalue weighted by atomic mass is 14.3. The molecule has 0 aromatic carbocycles. The minimum absolute atomic E-state index is 0.625. The largest absolute Gasteiger partial charge is 0.0764 e. The van der Waals surface area contributed by atoms with E-state index in [1.165, 1.54) is 11.1 Å². The lowest BCUT2D eigenvalue weighted by molar-refractivity contribution is 0.592. The lowest BCUT2D eigenvalue weighted by Crippen LogP contribution is -2.17. The fourth-order valence-corrected chi connectivity index (χ4v) is 1.99. The molecule has 0 amide bonds. The van der Waals surface area contributed by atoms with E-state index in [0.29, 0.717) is 11.8 Å². The van der Waals surface area contributed by atoms with Gasteiger partial charge in [-0.1, -0.05) is 47.6 Å². The van der Waals surface area contributed by atoms with E-state index in [-0.39, 0.29) is 0 Å². The van der Waals surface area contributed by atoms with Gasteiger partial charge in [0.25, 0.3) is 0 Å². The van der Waals surface area contributed by atoms with Gasteiger partial charge in [0.2, 0.25) is 0 Å². The van der Waals surface area contributed by atoms with Gasteiger partial charge in [-0.3, -0.25) is 0 Å². The van der Waals surface area contributed by atoms with E-state index >= 15 is 0 Å². The van der Waals surface area contributed by atoms with Crippen molar-refractivity contribution in [1.29, 1.82) is 0 Å². The smallest absolute Gasteiger partial charge is 0.00806 e. The zero-order valence-corrected chi connectivity index (χ0v) is 7.62. The second-order valence-corrected chi connectivity index (χ2v) is 3.64. The van der Waals surface area contributed by atoms with Crippen molar-refractivity contribution in [3.05, 3.63) is 47.6 Å². The molecule has 0 saturated heterocycles. The first-order chi connectivity index (χ1) is 5.79. The Bertz CT molecular complexity index is 268. The molecule has 0 fully saturated rings. The summed E-state index contributed by atoms with van der Waals surface area (Å²) in [6.07, 6.45) is 13.4. The maximum Gasteiger partial charge on any atom is 0.00806 e. The van der Waals surface area contributed by atoms with E-state index in [4.69, 9.17) is 0 Å². The molecule has 0 heteroatoms. The first kappa shape index (κ1) is 7.60. The summed E-state index contributed by atoms with van der Waals surface area (Å²) in [7, 11) is 0. The van der Waals surface area contributed by atoms with Gasteiger partial charge in [0.05, 0.1) is 0 Å². The zero-order valence-electron chi connectivity index (χ0n) is 7.62. The average molecular weight is 158 g/mol. The third-order valence-electron chi connectivity index (χ3n) is 2.79. The fraction of sp³-hybridized carbons (Fsp3) is 0.333. The lowest BCUT2D eigenvalue weighted by atomic mass is 9.76. The Morgan fingerprint density at radius 2 is 1.25 bits per heavy atom. The highest BCUT2D eigenvalue weighted by molar-refractivity contribution is 5.36. The Kier molecular flexibility index (Phi) is 1.76. The van der Waals surface area contributed by atoms with Crippen LogP contribution in [0.2, 0.25) is 0 Å². The van der Waals surface area contributed by atoms with Crippen LogP contribution in [0.3, 0.4) is 0 Å². The number of hydrogen-bond donors (Lipinski definition) is 0. The highest BCUT2D eigenvalue weighted by Gasteiger charge is 2.23. The molecule has 0 spiro atoms. The summed E-state index contributed by atoms with van der Waals surface area (Å²) >= 11 is 0. The molecule has 2 aliphatic carbocycles. The van der Waals surface area contributed by atoms with Crippen molar-refractivity contribution in [2.45, 2.75) is 13.8 Å². The molecule has 0 saturated carbocycles. The molecule has 2 aliphatic rings. The maximum absolute atomic E-state index is 2.30. The van der Waals surface area contributed by atoms with Crippen molar-refractivity contribution in [3.63, 3.8) is 0 Å². The molecule has 2 atom stereocenters. The maximum atomic E-state index is 2.30. The molecule has 0 N–H and O–H groups in total. The van der Waals surface area contributed by atoms with E-state index in [1.54, 1.807) is 0 Å². The van der Waals surface area contributed by atoms with E-state index in [2.05, 4.69) is 50.3 Å². The molecule has 0 aliphatic heterocycles. The van der Waals surface area contributed by atoms with E-state index in [9.17, 15) is 0 Å². The van der Waals surface area contributed by atoms with Crippen molar-refractivity contribution in [2.75, 3.05) is 0 Å². The van der Waals surface area contributed by atoms with Crippen molar-refractivity contribution >= 4 is 0 Å². The molecule has 0 heterocycles. The SMILES string of the molecule is CC1=CC=C[C@H]2C(C)=CC=CC12. The predicted molar refractivity (Wildman–Crippen MR) is 52.8 cm³/mol. The van der Waals surface area contributed by atoms with Gasteiger partial charge in [-0.15, -0.1) is 0 Å². The molecule has 0 aromatic rings. The average Bonchev–Trinajstić information content (AvgIpc) is 2.07. The second-order valence-electron chi connectivity index (χ2n) is 3.64. The Labute approximate surface area is 74.0 Å². The van der Waals surface area contributed by atoms with Crippen LogP contribution in [-0.2, 0) is 0 Å². The molecular weight excluding hydrogens is 144 g/mol. The van der Waals surface area contributed by atoms with Gasteiger partial charge in [0.1, 0.15) is 0 Å². The Balaban J connectivity index is 2.37. The Hall–Kier alpha value is -1.04. The van der Waals surface area contributed by atoms with Gasteiger partial charge in [0.15, 0.2) is 0 Å². The summed E-state index contributed by atoms with van der Waals surface area (Å²) in [5.41, 5.74) is 2.96. The minimum Gasteiger partial charge on any atom is -0.0764 e. The minimum atomic E-state index is 0.625. The van der Waals surface area contributed by atoms with E-state index in [1.807, 2.05) is 0 Å². The van der Waals surface area contributed by atoms with Gasteiger partial charge in [0, 0.05) is 11.8 Å². The number of rotatable bonds is 0. The van der Waals surface area contributed by atoms with Crippen LogP contribution in [-0.4, -0.2) is 0 Å². The Morgan fingerprint density at radius 1 is 0.833 bits per heavy atom. The van der Waals surface area contributed by atoms with Gasteiger partial charge in [-0.05, 0) is 13.8 Å². The summed E-state index contributed by atoms with van der Waals surface area (Å²) < 4.78 is 0. The summed E-state index contributed by atoms with van der Waals surface area (Å²) in [6.45, 7) is 4.42. The standard InChI is InChI=1S/C12H14/c1-9-5-3-8-12-10(2)6-4-7-11(9)12/h3-8,11-12H,1-2H3/t11-,12?/m0/s1. The van der Waals surface area contributed by atoms with E-state index in [0.717, 1.165) is 0 Å². The highest BCUT2D eigenvalue weighted by Crippen LogP contribution is 2.34. The van der Waals surface area contributed by atoms with Crippen molar-refractivity contribution in [1.82, 2.24) is 0 Å². The number of fused-ring (bicyclic) bond motifs is 1. The van der Waals surface area contributed by atoms with Gasteiger partial charge in [-0.2, -0.15) is 0 Å². The third-order valence-corrected chi connectivity index (χ3v) is 2.79. The third kappa shape index (κ3) is 1.08. The summed E-state index contributed by atoms with van der Waals surface area (Å²) in [5, 5.41) is 0. The van der Waals surface area contributed by atoms with Crippen LogP contribution < -0.4 is 0 Å². The van der Waals surface area contributed by atoms with Gasteiger partial charge in [-0.25, -0.2) is 0 Å². The Morgan fingerprint density at radius 3 is 1.67 bits per heavy atom. The molecule has 0 nitrogen and oxygen atoms in total. The molecule has 2 rings (SSSR count). The van der Waals surface area contributed by atoms with Crippen LogP contribution in [0.4, 0.5) is 0 Å². The number of hydrogen-bond acceptors (Lipinski definition) is 0. The van der Waals surface area contributed by atoms with Crippen molar-refractivity contribution < 1.29 is 0 Å². The quantitative estimate of drug-likeness (QED) is 0.507. The van der Waals surface area contributed by atoms with Crippen molar-refractivity contribution in [2.24, 2.45) is 11.8 Å². The van der Waals surface area contributed by atoms with Crippen LogP contribution in [0.15, 0.2) is 47.6 Å². The predicted octanol–water partition coefficient (Wildman–Crippen LogP) is 3.25. The first-order valence-electron chi connectivity index (χ1n) is 4.49. The second kappa shape index (κ2) is 2.78. The van der Waals surface area contributed by atoms with Crippen LogP contribution >= 0.6 is 0 Å². The summed E-state index contributed by atoms with van der Waals surface area (Å²) in [6, 6.07) is 0. The number of allylic oxidation sites excluding steroid dienone is 8. The summed E-state index contributed by atoms with van der Waals surface area (Å²) in [4.78, 5) is 0. The first-order valence-corrected chi connectivity index (χ1v) is 4.49. The monoisotopic (exact) mass is 158 g/mol. The van der Waals surface area contributed by atoms with Gasteiger partial charge < -0.3 is 0 Å². The molecule has 62 valence electrons. The van der Waals surface area contributed by atoms with Gasteiger partial charge >= 0.3 is 0 Å². The molecule has 0 aromatic heterocycles. The van der Waals surface area contributed by atoms with Crippen molar-refractivity contribution in [3.8, 4) is 0 Å². The molecular formula is C12H14. The lowest BCUT2D eigenvalue weighted by Gasteiger charge is -2.28. The molecule has 1 unspecified atom stereocenters. The molecule has 0 radical (unpaired) electrons.